The van der Waals surface area contributed by atoms with Gasteiger partial charge in [0.15, 0.2) is 0 Å². The van der Waals surface area contributed by atoms with Gasteiger partial charge in [0.2, 0.25) is 5.69 Å². The predicted molar refractivity (Wildman–Crippen MR) is 79.8 cm³/mol. The Morgan fingerprint density at radius 3 is 2.79 bits per heavy atom. The first-order valence-corrected chi connectivity index (χ1v) is 6.80. The molecule has 3 nitrogen and oxygen atoms in total. The van der Waals surface area contributed by atoms with Crippen LogP contribution in [-0.4, -0.2) is 23.3 Å². The van der Waals surface area contributed by atoms with Crippen LogP contribution >= 0.6 is 11.3 Å². The standard InChI is InChI=1S/C15H14N3S/c1-9-6-13-15(8-11(9)16)19-14-7-10(18(2)3)4-5-12(14)17-13/h4-8,16H,2H2,1,3H3/q+1. The van der Waals surface area contributed by atoms with Crippen molar-refractivity contribution in [2.24, 2.45) is 0 Å². The third-order valence-electron chi connectivity index (χ3n) is 3.15. The molecule has 4 heteroatoms. The smallest absolute Gasteiger partial charge is 0.206 e. The third-order valence-corrected chi connectivity index (χ3v) is 4.24. The fourth-order valence-corrected chi connectivity index (χ4v) is 3.03. The molecule has 0 spiro atoms. The molecule has 0 unspecified atom stereocenters. The second-order valence-corrected chi connectivity index (χ2v) is 5.78. The van der Waals surface area contributed by atoms with Crippen molar-refractivity contribution in [3.8, 4) is 10.6 Å². The van der Waals surface area contributed by atoms with E-state index in [1.165, 1.54) is 0 Å². The molecule has 1 aromatic rings. The minimum absolute atomic E-state index is 0.565. The zero-order valence-corrected chi connectivity index (χ0v) is 11.7. The Labute approximate surface area is 115 Å². The SMILES string of the molecule is C=[N+](C)c1ccc2nc3cc(C)c(=N)cc-3sc2c1. The van der Waals surface area contributed by atoms with Gasteiger partial charge in [-0.1, -0.05) is 0 Å². The molecule has 0 bridgehead atoms. The number of fused-ring (bicyclic) bond motifs is 2. The molecular formula is C15H14N3S+. The van der Waals surface area contributed by atoms with Gasteiger partial charge in [0, 0.05) is 12.1 Å². The number of nitrogens with one attached hydrogen (secondary N) is 1. The Hall–Kier alpha value is -2.07. The zero-order chi connectivity index (χ0) is 13.6. The summed E-state index contributed by atoms with van der Waals surface area (Å²) in [5.74, 6) is 0. The van der Waals surface area contributed by atoms with Crippen molar-refractivity contribution in [3.05, 3.63) is 41.3 Å². The first-order chi connectivity index (χ1) is 9.04. The van der Waals surface area contributed by atoms with E-state index in [2.05, 4.69) is 17.8 Å². The Bertz CT molecular complexity index is 833. The van der Waals surface area contributed by atoms with Gasteiger partial charge in [-0.3, -0.25) is 0 Å². The van der Waals surface area contributed by atoms with Crippen molar-refractivity contribution < 1.29 is 4.58 Å². The van der Waals surface area contributed by atoms with Gasteiger partial charge in [-0.05, 0) is 30.7 Å². The summed E-state index contributed by atoms with van der Waals surface area (Å²) in [5.41, 5.74) is 3.96. The van der Waals surface area contributed by atoms with Crippen molar-refractivity contribution in [2.75, 3.05) is 7.05 Å². The number of aryl methyl sites for hydroxylation is 1. The molecule has 0 atom stereocenters. The largest absolute Gasteiger partial charge is 0.301 e. The summed E-state index contributed by atoms with van der Waals surface area (Å²) in [6.45, 7) is 5.83. The second-order valence-electron chi connectivity index (χ2n) is 4.70. The number of hydrogen-bond donors (Lipinski definition) is 1. The Morgan fingerprint density at radius 1 is 1.26 bits per heavy atom. The number of hydrogen-bond acceptors (Lipinski definition) is 3. The second kappa shape index (κ2) is 4.24. The molecule has 94 valence electrons. The van der Waals surface area contributed by atoms with Gasteiger partial charge in [-0.25, -0.2) is 9.56 Å². The van der Waals surface area contributed by atoms with Crippen LogP contribution in [0.2, 0.25) is 0 Å². The van der Waals surface area contributed by atoms with Crippen LogP contribution < -0.4 is 5.36 Å². The molecule has 0 saturated carbocycles. The van der Waals surface area contributed by atoms with E-state index in [0.717, 1.165) is 32.0 Å². The molecule has 1 heterocycles. The Kier molecular flexibility index (Phi) is 2.68. The highest BCUT2D eigenvalue weighted by Crippen LogP contribution is 2.31. The third kappa shape index (κ3) is 2.04. The van der Waals surface area contributed by atoms with E-state index in [4.69, 9.17) is 5.41 Å². The summed E-state index contributed by atoms with van der Waals surface area (Å²) in [6, 6.07) is 10.00. The summed E-state index contributed by atoms with van der Waals surface area (Å²) >= 11 is 1.67. The van der Waals surface area contributed by atoms with Crippen LogP contribution in [0, 0.1) is 12.3 Å². The van der Waals surface area contributed by atoms with Gasteiger partial charge >= 0.3 is 0 Å². The summed E-state index contributed by atoms with van der Waals surface area (Å²) in [4.78, 5) is 5.72. The fourth-order valence-electron chi connectivity index (χ4n) is 2.00. The Balaban J connectivity index is 2.36. The quantitative estimate of drug-likeness (QED) is 0.411. The van der Waals surface area contributed by atoms with Gasteiger partial charge in [0.1, 0.15) is 13.8 Å². The monoisotopic (exact) mass is 268 g/mol. The maximum absolute atomic E-state index is 7.88. The topological polar surface area (TPSA) is 39.8 Å². The maximum atomic E-state index is 7.88. The van der Waals surface area contributed by atoms with Crippen LogP contribution in [-0.2, 0) is 0 Å². The molecule has 0 saturated heterocycles. The van der Waals surface area contributed by atoms with E-state index < -0.39 is 0 Å². The van der Waals surface area contributed by atoms with Crippen molar-refractivity contribution >= 4 is 34.0 Å². The van der Waals surface area contributed by atoms with Crippen LogP contribution in [0.4, 0.5) is 5.69 Å². The lowest BCUT2D eigenvalue weighted by atomic mass is 10.1. The molecule has 1 N–H and O–H groups in total. The molecule has 1 aromatic carbocycles. The molecule has 19 heavy (non-hydrogen) atoms. The molecule has 0 amide bonds. The Morgan fingerprint density at radius 2 is 2.05 bits per heavy atom. The van der Waals surface area contributed by atoms with Gasteiger partial charge in [-0.2, -0.15) is 0 Å². The van der Waals surface area contributed by atoms with E-state index in [9.17, 15) is 0 Å². The van der Waals surface area contributed by atoms with Crippen LogP contribution in [0.15, 0.2) is 30.3 Å². The molecule has 0 fully saturated rings. The predicted octanol–water partition coefficient (Wildman–Crippen LogP) is 3.16. The van der Waals surface area contributed by atoms with Gasteiger partial charge in [0.25, 0.3) is 0 Å². The summed E-state index contributed by atoms with van der Waals surface area (Å²) < 4.78 is 2.95. The summed E-state index contributed by atoms with van der Waals surface area (Å²) in [6.07, 6.45) is 0. The summed E-state index contributed by atoms with van der Waals surface area (Å²) in [7, 11) is 1.92. The molecule has 1 aliphatic carbocycles. The highest BCUT2D eigenvalue weighted by atomic mass is 32.1. The van der Waals surface area contributed by atoms with Crippen LogP contribution in [0.25, 0.3) is 20.8 Å². The van der Waals surface area contributed by atoms with Gasteiger partial charge in [0.05, 0.1) is 26.1 Å². The normalized spacial score (nSPS) is 11.1. The van der Waals surface area contributed by atoms with E-state index >= 15 is 0 Å². The zero-order valence-electron chi connectivity index (χ0n) is 10.9. The van der Waals surface area contributed by atoms with Gasteiger partial charge < -0.3 is 5.41 Å². The lowest BCUT2D eigenvalue weighted by Gasteiger charge is -2.07. The number of nitrogens with zero attached hydrogens (tertiary/aromatic N) is 2. The van der Waals surface area contributed by atoms with E-state index in [1.54, 1.807) is 11.3 Å². The molecule has 0 radical (unpaired) electrons. The average molecular weight is 268 g/mol. The molecular weight excluding hydrogens is 254 g/mol. The van der Waals surface area contributed by atoms with Crippen LogP contribution in [0.1, 0.15) is 5.56 Å². The van der Waals surface area contributed by atoms with Crippen molar-refractivity contribution in [2.45, 2.75) is 6.92 Å². The molecule has 3 rings (SSSR count). The molecule has 0 aromatic heterocycles. The van der Waals surface area contributed by atoms with Crippen LogP contribution in [0.5, 0.6) is 0 Å². The molecule has 2 aliphatic rings. The summed E-state index contributed by atoms with van der Waals surface area (Å²) in [5, 5.41) is 8.45. The first kappa shape index (κ1) is 12.0. The highest BCUT2D eigenvalue weighted by Gasteiger charge is 2.10. The fraction of sp³-hybridized carbons (Fsp3) is 0.133. The van der Waals surface area contributed by atoms with Crippen molar-refractivity contribution in [1.82, 2.24) is 4.98 Å². The van der Waals surface area contributed by atoms with Crippen molar-refractivity contribution in [1.29, 1.82) is 5.41 Å². The van der Waals surface area contributed by atoms with E-state index in [1.807, 2.05) is 42.8 Å². The molecule has 1 aliphatic heterocycles. The van der Waals surface area contributed by atoms with E-state index in [-0.39, 0.29) is 0 Å². The van der Waals surface area contributed by atoms with E-state index in [0.29, 0.717) is 5.36 Å². The van der Waals surface area contributed by atoms with Crippen LogP contribution in [0.3, 0.4) is 0 Å². The average Bonchev–Trinajstić information content (AvgIpc) is 2.37. The maximum Gasteiger partial charge on any atom is 0.206 e. The van der Waals surface area contributed by atoms with Crippen molar-refractivity contribution in [3.63, 3.8) is 0 Å². The number of aromatic nitrogens is 1. The lowest BCUT2D eigenvalue weighted by molar-refractivity contribution is -0.394. The number of rotatable bonds is 1. The first-order valence-electron chi connectivity index (χ1n) is 5.99. The highest BCUT2D eigenvalue weighted by molar-refractivity contribution is 7.21. The van der Waals surface area contributed by atoms with Gasteiger partial charge in [-0.15, -0.1) is 11.3 Å². The minimum atomic E-state index is 0.565. The number of benzene rings is 2. The minimum Gasteiger partial charge on any atom is -0.301 e. The lowest BCUT2D eigenvalue weighted by Crippen LogP contribution is -2.04.